The van der Waals surface area contributed by atoms with E-state index < -0.39 is 0 Å². The number of fused-ring (bicyclic) bond motifs is 1. The summed E-state index contributed by atoms with van der Waals surface area (Å²) in [6.07, 6.45) is 4.86. The topological polar surface area (TPSA) is 53.6 Å². The molecule has 0 aliphatic carbocycles. The first kappa shape index (κ1) is 14.2. The van der Waals surface area contributed by atoms with Crippen LogP contribution in [0.25, 0.3) is 0 Å². The lowest BCUT2D eigenvalue weighted by atomic mass is 9.87. The predicted octanol–water partition coefficient (Wildman–Crippen LogP) is 2.39. The van der Waals surface area contributed by atoms with Gasteiger partial charge in [-0.2, -0.15) is 0 Å². The zero-order chi connectivity index (χ0) is 15.6. The summed E-state index contributed by atoms with van der Waals surface area (Å²) in [7, 11) is 0. The van der Waals surface area contributed by atoms with Crippen LogP contribution in [0.3, 0.4) is 0 Å². The molecule has 3 N–H and O–H groups in total. The lowest BCUT2D eigenvalue weighted by Gasteiger charge is -2.40. The molecule has 0 fully saturated rings. The zero-order valence-electron chi connectivity index (χ0n) is 12.9. The van der Waals surface area contributed by atoms with E-state index in [9.17, 15) is 0 Å². The summed E-state index contributed by atoms with van der Waals surface area (Å²) in [6, 6.07) is 19.5. The van der Waals surface area contributed by atoms with E-state index in [0.29, 0.717) is 0 Å². The van der Waals surface area contributed by atoms with Crippen molar-refractivity contribution in [3.8, 4) is 0 Å². The van der Waals surface area contributed by atoms with Crippen molar-refractivity contribution in [2.24, 2.45) is 10.8 Å². The summed E-state index contributed by atoms with van der Waals surface area (Å²) in [5, 5.41) is 0. The maximum Gasteiger partial charge on any atom is 0.127 e. The predicted molar refractivity (Wildman–Crippen MR) is 92.8 cm³/mol. The number of nitrogens with one attached hydrogen (secondary N) is 1. The Bertz CT molecular complexity index is 751. The molecular formula is C19H20N4. The molecule has 4 nitrogen and oxygen atoms in total. The molecule has 2 aromatic rings. The van der Waals surface area contributed by atoms with Gasteiger partial charge in [-0.05, 0) is 29.2 Å². The van der Waals surface area contributed by atoms with Crippen LogP contribution in [0.1, 0.15) is 22.7 Å². The lowest BCUT2D eigenvalue weighted by Crippen LogP contribution is -2.50. The zero-order valence-corrected chi connectivity index (χ0v) is 12.9. The summed E-state index contributed by atoms with van der Waals surface area (Å²) in [6.45, 7) is 0.940. The van der Waals surface area contributed by atoms with Gasteiger partial charge in [-0.15, -0.1) is 0 Å². The number of benzene rings is 2. The van der Waals surface area contributed by atoms with E-state index in [0.717, 1.165) is 18.8 Å². The fourth-order valence-corrected chi connectivity index (χ4v) is 3.56. The number of hydrogen-bond acceptors (Lipinski definition) is 4. The van der Waals surface area contributed by atoms with Crippen LogP contribution in [0.15, 0.2) is 71.9 Å². The molecule has 0 radical (unpaired) electrons. The highest BCUT2D eigenvalue weighted by Gasteiger charge is 2.33. The second-order valence-corrected chi connectivity index (χ2v) is 5.93. The van der Waals surface area contributed by atoms with Crippen LogP contribution in [-0.2, 0) is 6.42 Å². The van der Waals surface area contributed by atoms with Gasteiger partial charge in [-0.1, -0.05) is 54.6 Å². The molecule has 0 spiro atoms. The number of nitrogens with two attached hydrogens (primary N) is 1. The number of amidine groups is 1. The van der Waals surface area contributed by atoms with Gasteiger partial charge < -0.3 is 4.90 Å². The van der Waals surface area contributed by atoms with Crippen LogP contribution >= 0.6 is 0 Å². The van der Waals surface area contributed by atoms with E-state index in [4.69, 9.17) is 5.84 Å². The molecule has 23 heavy (non-hydrogen) atoms. The normalized spacial score (nSPS) is 22.8. The molecule has 2 atom stereocenters. The Labute approximate surface area is 136 Å². The number of aliphatic imine (C=N–C) groups is 1. The molecular weight excluding hydrogens is 284 g/mol. The molecule has 0 saturated carbocycles. The molecule has 116 valence electrons. The summed E-state index contributed by atoms with van der Waals surface area (Å²) in [4.78, 5) is 6.96. The fourth-order valence-electron chi connectivity index (χ4n) is 3.56. The third kappa shape index (κ3) is 2.46. The lowest BCUT2D eigenvalue weighted by molar-refractivity contribution is 0.328. The average molecular weight is 304 g/mol. The van der Waals surface area contributed by atoms with Gasteiger partial charge in [-0.25, -0.2) is 10.4 Å². The minimum Gasteiger partial charge on any atom is -0.347 e. The molecule has 2 heterocycles. The second kappa shape index (κ2) is 5.99. The van der Waals surface area contributed by atoms with Crippen molar-refractivity contribution in [3.05, 3.63) is 83.6 Å². The van der Waals surface area contributed by atoms with Crippen molar-refractivity contribution < 1.29 is 0 Å². The molecule has 0 bridgehead atoms. The molecule has 2 aliphatic heterocycles. The third-order valence-corrected chi connectivity index (χ3v) is 4.64. The van der Waals surface area contributed by atoms with Crippen LogP contribution in [0.5, 0.6) is 0 Å². The fraction of sp³-hybridized carbons (Fsp3) is 0.211. The first-order valence-corrected chi connectivity index (χ1v) is 7.98. The Morgan fingerprint density at radius 1 is 1.04 bits per heavy atom. The summed E-state index contributed by atoms with van der Waals surface area (Å²) in [5.74, 6) is 6.70. The van der Waals surface area contributed by atoms with Gasteiger partial charge in [0.25, 0.3) is 0 Å². The minimum atomic E-state index is -0.0218. The van der Waals surface area contributed by atoms with Crippen LogP contribution in [0.4, 0.5) is 0 Å². The highest BCUT2D eigenvalue weighted by atomic mass is 15.3. The number of hydrogen-bond donors (Lipinski definition) is 2. The van der Waals surface area contributed by atoms with Gasteiger partial charge in [0.15, 0.2) is 0 Å². The second-order valence-electron chi connectivity index (χ2n) is 5.93. The Morgan fingerprint density at radius 2 is 1.83 bits per heavy atom. The average Bonchev–Trinajstić information content (AvgIpc) is 3.10. The number of hydrazine groups is 1. The molecule has 0 aromatic heterocycles. The molecule has 2 unspecified atom stereocenters. The Hall–Kier alpha value is -2.43. The summed E-state index contributed by atoms with van der Waals surface area (Å²) < 4.78 is 0. The number of rotatable bonds is 2. The largest absolute Gasteiger partial charge is 0.347 e. The monoisotopic (exact) mass is 304 g/mol. The highest BCUT2D eigenvalue weighted by molar-refractivity contribution is 5.92. The van der Waals surface area contributed by atoms with Crippen LogP contribution in [0, 0.1) is 0 Å². The van der Waals surface area contributed by atoms with Crippen LogP contribution in [0.2, 0.25) is 0 Å². The van der Waals surface area contributed by atoms with Crippen molar-refractivity contribution in [1.82, 2.24) is 10.3 Å². The highest BCUT2D eigenvalue weighted by Crippen LogP contribution is 2.36. The first-order chi connectivity index (χ1) is 11.4. The van der Waals surface area contributed by atoms with Crippen molar-refractivity contribution in [3.63, 3.8) is 0 Å². The van der Waals surface area contributed by atoms with E-state index in [1.54, 1.807) is 0 Å². The Balaban J connectivity index is 1.80. The summed E-state index contributed by atoms with van der Waals surface area (Å²) in [5.41, 5.74) is 6.91. The maximum atomic E-state index is 5.70. The van der Waals surface area contributed by atoms with Crippen LogP contribution < -0.4 is 11.3 Å². The molecule has 4 heteroatoms. The van der Waals surface area contributed by atoms with E-state index in [-0.39, 0.29) is 12.1 Å². The van der Waals surface area contributed by atoms with Gasteiger partial charge >= 0.3 is 0 Å². The molecule has 2 aromatic carbocycles. The van der Waals surface area contributed by atoms with E-state index >= 15 is 0 Å². The van der Waals surface area contributed by atoms with Gasteiger partial charge in [0.2, 0.25) is 0 Å². The van der Waals surface area contributed by atoms with Crippen molar-refractivity contribution in [2.75, 3.05) is 6.54 Å². The van der Waals surface area contributed by atoms with Crippen molar-refractivity contribution >= 4 is 5.84 Å². The minimum absolute atomic E-state index is 0.0218. The van der Waals surface area contributed by atoms with Gasteiger partial charge in [0.05, 0.1) is 12.1 Å². The Morgan fingerprint density at radius 3 is 2.65 bits per heavy atom. The Kier molecular flexibility index (Phi) is 3.69. The summed E-state index contributed by atoms with van der Waals surface area (Å²) >= 11 is 0. The van der Waals surface area contributed by atoms with E-state index in [1.165, 1.54) is 16.7 Å². The molecule has 2 aliphatic rings. The standard InChI is InChI=1S/C19H20N4/c20-22-17-10-12-21-19(17)23-13-11-14-6-4-5-9-16(14)18(23)15-7-2-1-3-8-15/h1-10,12,17-18,22H,11,13,20H2. The van der Waals surface area contributed by atoms with Gasteiger partial charge in [-0.3, -0.25) is 5.84 Å². The van der Waals surface area contributed by atoms with Crippen molar-refractivity contribution in [2.45, 2.75) is 18.5 Å². The van der Waals surface area contributed by atoms with Crippen LogP contribution in [-0.4, -0.2) is 23.3 Å². The number of nitrogens with zero attached hydrogens (tertiary/aromatic N) is 2. The first-order valence-electron chi connectivity index (χ1n) is 7.98. The smallest absolute Gasteiger partial charge is 0.127 e. The maximum absolute atomic E-state index is 5.70. The molecule has 0 amide bonds. The molecule has 4 rings (SSSR count). The quantitative estimate of drug-likeness (QED) is 0.662. The van der Waals surface area contributed by atoms with Crippen molar-refractivity contribution in [1.29, 1.82) is 0 Å². The SMILES string of the molecule is NNC1C=CN=C1N1CCc2ccccc2C1c1ccccc1. The molecule has 0 saturated heterocycles. The van der Waals surface area contributed by atoms with Gasteiger partial charge in [0, 0.05) is 12.7 Å². The van der Waals surface area contributed by atoms with E-state index in [2.05, 4.69) is 69.9 Å². The third-order valence-electron chi connectivity index (χ3n) is 4.64. The van der Waals surface area contributed by atoms with E-state index in [1.807, 2.05) is 12.3 Å². The van der Waals surface area contributed by atoms with Gasteiger partial charge in [0.1, 0.15) is 5.84 Å².